The molecule has 0 spiro atoms. The summed E-state index contributed by atoms with van der Waals surface area (Å²) in [6.45, 7) is 2.50. The van der Waals surface area contributed by atoms with Crippen LogP contribution in [0.2, 0.25) is 0 Å². The number of nitrogens with one attached hydrogen (secondary N) is 2. The van der Waals surface area contributed by atoms with E-state index in [9.17, 15) is 9.18 Å². The van der Waals surface area contributed by atoms with E-state index in [2.05, 4.69) is 10.6 Å². The summed E-state index contributed by atoms with van der Waals surface area (Å²) >= 11 is 0. The Balaban J connectivity index is 2.04. The summed E-state index contributed by atoms with van der Waals surface area (Å²) in [5, 5.41) is 5.79. The molecular weight excluding hydrogens is 299 g/mol. The van der Waals surface area contributed by atoms with Gasteiger partial charge in [-0.2, -0.15) is 0 Å². The lowest BCUT2D eigenvalue weighted by Gasteiger charge is -2.13. The number of amides is 1. The van der Waals surface area contributed by atoms with E-state index in [1.165, 1.54) is 19.2 Å². The molecule has 5 nitrogen and oxygen atoms in total. The summed E-state index contributed by atoms with van der Waals surface area (Å²) in [6, 6.07) is 11.6. The number of halogens is 1. The quantitative estimate of drug-likeness (QED) is 0.845. The van der Waals surface area contributed by atoms with E-state index in [4.69, 9.17) is 9.47 Å². The van der Waals surface area contributed by atoms with E-state index in [1.807, 2.05) is 6.07 Å². The summed E-state index contributed by atoms with van der Waals surface area (Å²) in [7, 11) is 1.52. The summed E-state index contributed by atoms with van der Waals surface area (Å²) in [6.07, 6.45) is -0.536. The van der Waals surface area contributed by atoms with E-state index in [1.54, 1.807) is 31.2 Å². The Kier molecular flexibility index (Phi) is 5.80. The molecule has 0 fully saturated rings. The van der Waals surface area contributed by atoms with Gasteiger partial charge in [0.25, 0.3) is 0 Å². The van der Waals surface area contributed by atoms with Gasteiger partial charge in [0.2, 0.25) is 0 Å². The normalized spacial score (nSPS) is 10.0. The van der Waals surface area contributed by atoms with Crippen molar-refractivity contribution in [1.82, 2.24) is 0 Å². The molecule has 0 aliphatic heterocycles. The van der Waals surface area contributed by atoms with Gasteiger partial charge in [-0.3, -0.25) is 5.32 Å². The van der Waals surface area contributed by atoms with E-state index in [0.717, 1.165) is 11.3 Å². The first-order valence-electron chi connectivity index (χ1n) is 7.22. The predicted molar refractivity (Wildman–Crippen MR) is 87.4 cm³/mol. The number of carbonyl (C=O) groups excluding carboxylic acids is 1. The molecule has 0 aliphatic carbocycles. The second-order valence-electron chi connectivity index (χ2n) is 4.74. The highest BCUT2D eigenvalue weighted by atomic mass is 19.1. The molecule has 1 amide bonds. The number of anilines is 2. The van der Waals surface area contributed by atoms with Gasteiger partial charge in [-0.05, 0) is 36.8 Å². The molecule has 2 rings (SSSR count). The molecular formula is C17H19FN2O3. The first kappa shape index (κ1) is 16.6. The smallest absolute Gasteiger partial charge is 0.411 e. The average Bonchev–Trinajstić information content (AvgIpc) is 2.54. The number of hydrogen-bond acceptors (Lipinski definition) is 4. The van der Waals surface area contributed by atoms with Crippen LogP contribution in [0.15, 0.2) is 42.5 Å². The number of benzene rings is 2. The number of methoxy groups -OCH3 is 1. The van der Waals surface area contributed by atoms with Crippen LogP contribution >= 0.6 is 0 Å². The van der Waals surface area contributed by atoms with Crippen LogP contribution in [0.4, 0.5) is 20.6 Å². The summed E-state index contributed by atoms with van der Waals surface area (Å²) in [4.78, 5) is 11.5. The fourth-order valence-corrected chi connectivity index (χ4v) is 2.03. The van der Waals surface area contributed by atoms with Gasteiger partial charge in [0.1, 0.15) is 11.6 Å². The second kappa shape index (κ2) is 8.03. The molecule has 0 aromatic heterocycles. The molecule has 0 atom stereocenters. The van der Waals surface area contributed by atoms with Crippen LogP contribution in [0.25, 0.3) is 0 Å². The zero-order valence-corrected chi connectivity index (χ0v) is 13.1. The predicted octanol–water partition coefficient (Wildman–Crippen LogP) is 4.01. The number of hydrogen-bond donors (Lipinski definition) is 2. The van der Waals surface area contributed by atoms with Crippen molar-refractivity contribution in [3.8, 4) is 5.75 Å². The monoisotopic (exact) mass is 318 g/mol. The van der Waals surface area contributed by atoms with Gasteiger partial charge >= 0.3 is 6.09 Å². The molecule has 0 bridgehead atoms. The third-order valence-corrected chi connectivity index (χ3v) is 3.10. The largest absolute Gasteiger partial charge is 0.494 e. The fourth-order valence-electron chi connectivity index (χ4n) is 2.03. The molecule has 6 heteroatoms. The van der Waals surface area contributed by atoms with E-state index in [-0.39, 0.29) is 5.82 Å². The van der Waals surface area contributed by atoms with Crippen molar-refractivity contribution in [2.45, 2.75) is 13.5 Å². The van der Waals surface area contributed by atoms with Crippen molar-refractivity contribution in [2.24, 2.45) is 0 Å². The second-order valence-corrected chi connectivity index (χ2v) is 4.74. The van der Waals surface area contributed by atoms with Crippen molar-refractivity contribution in [3.63, 3.8) is 0 Å². The molecule has 0 aliphatic rings. The summed E-state index contributed by atoms with van der Waals surface area (Å²) in [5.41, 5.74) is 2.14. The van der Waals surface area contributed by atoms with Gasteiger partial charge in [-0.25, -0.2) is 9.18 Å². The van der Waals surface area contributed by atoms with Crippen LogP contribution < -0.4 is 15.4 Å². The SMILES string of the molecule is CCOC(=O)Nc1ccc(NCc2cccc(F)c2)cc1OC. The van der Waals surface area contributed by atoms with Crippen molar-refractivity contribution >= 4 is 17.5 Å². The van der Waals surface area contributed by atoms with Gasteiger partial charge in [0.05, 0.1) is 19.4 Å². The minimum absolute atomic E-state index is 0.268. The zero-order chi connectivity index (χ0) is 16.7. The Morgan fingerprint density at radius 2 is 2.04 bits per heavy atom. The highest BCUT2D eigenvalue weighted by Crippen LogP contribution is 2.28. The lowest BCUT2D eigenvalue weighted by molar-refractivity contribution is 0.168. The van der Waals surface area contributed by atoms with Gasteiger partial charge in [-0.1, -0.05) is 12.1 Å². The van der Waals surface area contributed by atoms with E-state index in [0.29, 0.717) is 24.6 Å². The van der Waals surface area contributed by atoms with Crippen LogP contribution in [-0.4, -0.2) is 19.8 Å². The van der Waals surface area contributed by atoms with Crippen molar-refractivity contribution in [3.05, 3.63) is 53.8 Å². The highest BCUT2D eigenvalue weighted by Gasteiger charge is 2.09. The van der Waals surface area contributed by atoms with E-state index >= 15 is 0 Å². The third kappa shape index (κ3) is 4.88. The number of rotatable bonds is 6. The molecule has 2 N–H and O–H groups in total. The Labute approximate surface area is 134 Å². The molecule has 0 unspecified atom stereocenters. The van der Waals surface area contributed by atoms with Crippen molar-refractivity contribution in [2.75, 3.05) is 24.4 Å². The fraction of sp³-hybridized carbons (Fsp3) is 0.235. The topological polar surface area (TPSA) is 59.6 Å². The summed E-state index contributed by atoms with van der Waals surface area (Å²) in [5.74, 6) is 0.234. The maximum atomic E-state index is 13.1. The Bertz CT molecular complexity index is 677. The minimum atomic E-state index is -0.536. The van der Waals surface area contributed by atoms with Crippen LogP contribution in [-0.2, 0) is 11.3 Å². The Morgan fingerprint density at radius 3 is 2.74 bits per heavy atom. The molecule has 23 heavy (non-hydrogen) atoms. The molecule has 2 aromatic rings. The first-order chi connectivity index (χ1) is 11.1. The van der Waals surface area contributed by atoms with Crippen LogP contribution in [0.3, 0.4) is 0 Å². The Hall–Kier alpha value is -2.76. The van der Waals surface area contributed by atoms with Gasteiger partial charge < -0.3 is 14.8 Å². The lowest BCUT2D eigenvalue weighted by atomic mass is 10.2. The van der Waals surface area contributed by atoms with Crippen LogP contribution in [0, 0.1) is 5.82 Å². The molecule has 2 aromatic carbocycles. The standard InChI is InChI=1S/C17H19FN2O3/c1-3-23-17(21)20-15-8-7-14(10-16(15)22-2)19-11-12-5-4-6-13(18)9-12/h4-10,19H,3,11H2,1-2H3,(H,20,21). The highest BCUT2D eigenvalue weighted by molar-refractivity contribution is 5.87. The summed E-state index contributed by atoms with van der Waals surface area (Å²) < 4.78 is 23.3. The Morgan fingerprint density at radius 1 is 1.22 bits per heavy atom. The van der Waals surface area contributed by atoms with Crippen molar-refractivity contribution in [1.29, 1.82) is 0 Å². The maximum Gasteiger partial charge on any atom is 0.411 e. The molecule has 0 saturated carbocycles. The molecule has 0 heterocycles. The zero-order valence-electron chi connectivity index (χ0n) is 13.1. The van der Waals surface area contributed by atoms with Crippen LogP contribution in [0.1, 0.15) is 12.5 Å². The van der Waals surface area contributed by atoms with Crippen molar-refractivity contribution < 1.29 is 18.7 Å². The van der Waals surface area contributed by atoms with Crippen LogP contribution in [0.5, 0.6) is 5.75 Å². The minimum Gasteiger partial charge on any atom is -0.494 e. The average molecular weight is 318 g/mol. The third-order valence-electron chi connectivity index (χ3n) is 3.10. The molecule has 0 saturated heterocycles. The van der Waals surface area contributed by atoms with Gasteiger partial charge in [-0.15, -0.1) is 0 Å². The molecule has 0 radical (unpaired) electrons. The van der Waals surface area contributed by atoms with Gasteiger partial charge in [0, 0.05) is 18.3 Å². The lowest BCUT2D eigenvalue weighted by Crippen LogP contribution is -2.14. The number of carbonyl (C=O) groups is 1. The molecule has 122 valence electrons. The first-order valence-corrected chi connectivity index (χ1v) is 7.22. The van der Waals surface area contributed by atoms with E-state index < -0.39 is 6.09 Å². The number of ether oxygens (including phenoxy) is 2. The van der Waals surface area contributed by atoms with Gasteiger partial charge in [0.15, 0.2) is 0 Å². The maximum absolute atomic E-state index is 13.1.